The average Bonchev–Trinajstić information content (AvgIpc) is 0.443. The first-order valence-corrected chi connectivity index (χ1v) is 43.6. The van der Waals surface area contributed by atoms with Crippen LogP contribution in [0.4, 0.5) is 69.8 Å². The van der Waals surface area contributed by atoms with Gasteiger partial charge in [0.05, 0.1) is 31.5 Å². The van der Waals surface area contributed by atoms with Crippen molar-refractivity contribution < 1.29 is 151 Å². The van der Waals surface area contributed by atoms with Crippen molar-refractivity contribution in [1.82, 2.24) is 89.7 Å². The molecule has 0 spiro atoms. The summed E-state index contributed by atoms with van der Waals surface area (Å²) in [6.45, 7) is -2.55. The molecule has 8 rings (SSSR count). The number of nitrogens with zero attached hydrogens (tertiary/aromatic N) is 10. The zero-order valence-corrected chi connectivity index (χ0v) is 77.6. The topological polar surface area (TPSA) is 612 Å². The Hall–Kier alpha value is -11.5. The molecule has 0 saturated carbocycles. The number of nitrogens with one attached hydrogen (secondary N) is 14. The van der Waals surface area contributed by atoms with Crippen molar-refractivity contribution in [2.24, 2.45) is 0 Å². The SMILES string of the molecule is CNC(=O)CCN(CCC(=O)NC)S(=O)(=O)c1cccc(Nc2nc(Nc3cccc(S(=O)(=O)N(CCC(=O)NC)CCC(=O)NC)c3)nc(Nc3ccc(-c4ccc(Nc5nc(Nc6cccc(S(=O)(=O)N(CCC(=O)NC)CCC(=O)NC)c6)nc(Nc6cccc(S(=O)(=O)N(CCC(=O)NC)CCC(=O)NC)c6)n5)cc4C(=O)[O-])c(C(=O)[O-])c3)n2)c1.[Na+].[Na+]. The quantitative estimate of drug-likeness (QED) is 0.0158. The molecule has 0 saturated heterocycles. The number of carbonyl (C=O) groups excluding carboxylic acids is 10. The van der Waals surface area contributed by atoms with Gasteiger partial charge in [-0.05, 0) is 108 Å². The first-order valence-electron chi connectivity index (χ1n) is 37.9. The number of carbonyl (C=O) groups is 10. The predicted molar refractivity (Wildman–Crippen MR) is 450 cm³/mol. The van der Waals surface area contributed by atoms with Gasteiger partial charge in [0.2, 0.25) is 123 Å². The minimum absolute atomic E-state index is 0. The van der Waals surface area contributed by atoms with Gasteiger partial charge in [-0.1, -0.05) is 36.4 Å². The summed E-state index contributed by atoms with van der Waals surface area (Å²) in [5, 5.41) is 63.6. The number of benzene rings is 6. The summed E-state index contributed by atoms with van der Waals surface area (Å²) in [4.78, 5) is 151. The molecule has 0 radical (unpaired) electrons. The zero-order chi connectivity index (χ0) is 90.6. The Morgan fingerprint density at radius 1 is 0.262 bits per heavy atom. The van der Waals surface area contributed by atoms with E-state index in [1.807, 2.05) is 0 Å². The third-order valence-corrected chi connectivity index (χ3v) is 26.0. The molecule has 0 bridgehead atoms. The second kappa shape index (κ2) is 48.3. The van der Waals surface area contributed by atoms with E-state index in [2.05, 4.69) is 104 Å². The van der Waals surface area contributed by atoms with E-state index >= 15 is 0 Å². The zero-order valence-electron chi connectivity index (χ0n) is 70.3. The molecule has 8 amide bonds. The smallest absolute Gasteiger partial charge is 0.545 e. The molecule has 44 nitrogen and oxygen atoms in total. The molecule has 14 N–H and O–H groups in total. The number of anilines is 12. The van der Waals surface area contributed by atoms with Crippen LogP contribution in [-0.4, -0.2) is 249 Å². The van der Waals surface area contributed by atoms with E-state index in [0.717, 1.165) is 29.4 Å². The number of hydrogen-bond donors (Lipinski definition) is 14. The molecule has 50 heteroatoms. The third kappa shape index (κ3) is 29.3. The van der Waals surface area contributed by atoms with Crippen molar-refractivity contribution in [1.29, 1.82) is 0 Å². The maximum atomic E-state index is 14.3. The van der Waals surface area contributed by atoms with Crippen LogP contribution in [-0.2, 0) is 78.4 Å². The fourth-order valence-electron chi connectivity index (χ4n) is 11.7. The van der Waals surface area contributed by atoms with Gasteiger partial charge in [0.25, 0.3) is 0 Å². The summed E-state index contributed by atoms with van der Waals surface area (Å²) in [5.74, 6) is -9.64. The second-order valence-corrected chi connectivity index (χ2v) is 34.3. The molecule has 0 aliphatic carbocycles. The molecule has 2 aromatic heterocycles. The van der Waals surface area contributed by atoms with Gasteiger partial charge in [0.15, 0.2) is 0 Å². The van der Waals surface area contributed by atoms with Gasteiger partial charge < -0.3 is 94.2 Å². The van der Waals surface area contributed by atoms with Crippen molar-refractivity contribution in [3.05, 3.63) is 145 Å². The van der Waals surface area contributed by atoms with Crippen LogP contribution < -0.4 is 144 Å². The first-order chi connectivity index (χ1) is 59.0. The maximum Gasteiger partial charge on any atom is 1.00 e. The van der Waals surface area contributed by atoms with E-state index < -0.39 is 110 Å². The number of hydrogen-bond acceptors (Lipinski definition) is 32. The number of amides is 8. The number of aromatic nitrogens is 6. The van der Waals surface area contributed by atoms with Gasteiger partial charge in [-0.3, -0.25) is 38.4 Å². The van der Waals surface area contributed by atoms with E-state index in [1.54, 1.807) is 0 Å². The van der Waals surface area contributed by atoms with E-state index in [9.17, 15) is 91.8 Å². The van der Waals surface area contributed by atoms with Crippen LogP contribution in [0.25, 0.3) is 11.1 Å². The molecule has 0 unspecified atom stereocenters. The van der Waals surface area contributed by atoms with E-state index in [4.69, 9.17) is 0 Å². The summed E-state index contributed by atoms with van der Waals surface area (Å²) >= 11 is 0. The normalized spacial score (nSPS) is 11.4. The van der Waals surface area contributed by atoms with Gasteiger partial charge in [-0.25, -0.2) is 33.7 Å². The van der Waals surface area contributed by atoms with Crippen LogP contribution in [0.15, 0.2) is 153 Å². The Kier molecular flexibility index (Phi) is 39.6. The van der Waals surface area contributed by atoms with Gasteiger partial charge in [-0.15, -0.1) is 0 Å². The molecule has 0 aliphatic heterocycles. The van der Waals surface area contributed by atoms with Crippen molar-refractivity contribution in [3.8, 4) is 11.1 Å². The van der Waals surface area contributed by atoms with Crippen LogP contribution in [0.2, 0.25) is 0 Å². The Morgan fingerprint density at radius 2 is 0.429 bits per heavy atom. The number of sulfonamides is 4. The molecule has 0 aliphatic rings. The molecular formula is C76H92N24Na2O20S4. The van der Waals surface area contributed by atoms with Crippen LogP contribution in [0.1, 0.15) is 72.1 Å². The van der Waals surface area contributed by atoms with Crippen molar-refractivity contribution in [3.63, 3.8) is 0 Å². The number of carboxylic acid groups (broad SMARTS) is 2. The minimum atomic E-state index is -4.46. The van der Waals surface area contributed by atoms with Crippen molar-refractivity contribution in [2.45, 2.75) is 70.9 Å². The Balaban J connectivity index is 0.0000123. The number of aromatic carboxylic acids is 2. The summed E-state index contributed by atoms with van der Waals surface area (Å²) in [6, 6.07) is 28.2. The van der Waals surface area contributed by atoms with E-state index in [-0.39, 0.29) is 263 Å². The summed E-state index contributed by atoms with van der Waals surface area (Å²) in [6.07, 6.45) is -2.10. The number of carboxylic acids is 2. The van der Waals surface area contributed by atoms with Gasteiger partial charge >= 0.3 is 59.1 Å². The fraction of sp³-hybridized carbons (Fsp3) is 0.316. The van der Waals surface area contributed by atoms with Crippen LogP contribution in [0.3, 0.4) is 0 Å². The van der Waals surface area contributed by atoms with Crippen molar-refractivity contribution >= 4 is 169 Å². The summed E-state index contributed by atoms with van der Waals surface area (Å²) in [5.41, 5.74) is -1.81. The fourth-order valence-corrected chi connectivity index (χ4v) is 17.6. The Labute approximate surface area is 770 Å². The summed E-state index contributed by atoms with van der Waals surface area (Å²) < 4.78 is 119. The van der Waals surface area contributed by atoms with Gasteiger partial charge in [0.1, 0.15) is 0 Å². The molecule has 0 fully saturated rings. The molecule has 126 heavy (non-hydrogen) atoms. The maximum absolute atomic E-state index is 14.3. The standard InChI is InChI=1S/C76H94N24O20S4.2Na/c1-77-61(101)25-33-97(34-26-62(102)78-2)121(113,114)53-17-9-13-47(41-53)85-71-91-72(86-48-14-10-18-54(42-48)122(115,116)98(35-27-63(103)79-3)36-28-64(104)80-4)94-75(93-71)89-51-21-23-57(59(45-51)69(109)110)58-24-22-52(46-60(58)70(111)112)90-76-95-73(87-49-15-11-19-55(43-49)123(117,118)99(37-29-65(105)81-5)38-30-66(106)82-6)92-74(96-76)88-50-16-12-20-56(44-50)124(119,120)100(39-31-67(107)83-7)40-32-68(108)84-8;;/h9-24,41-46H,25-40H2,1-8H3,(H,77,101)(H,78,102)(H,79,103)(H,80,104)(H,81,105)(H,82,106)(H,83,107)(H,84,108)(H,109,110)(H,111,112)(H3,85,86,89,91,93,94)(H3,87,88,90,92,95,96);;/q;2*+1/p-2. The third-order valence-electron chi connectivity index (χ3n) is 18.4. The van der Waals surface area contributed by atoms with Gasteiger partial charge in [-0.2, -0.15) is 47.1 Å². The molecule has 662 valence electrons. The minimum Gasteiger partial charge on any atom is -0.545 e. The van der Waals surface area contributed by atoms with E-state index in [0.29, 0.717) is 0 Å². The van der Waals surface area contributed by atoms with E-state index in [1.165, 1.54) is 178 Å². The van der Waals surface area contributed by atoms with Gasteiger partial charge in [0, 0.05) is 205 Å². The molecule has 2 heterocycles. The van der Waals surface area contributed by atoms with Crippen molar-refractivity contribution in [2.75, 3.05) is 141 Å². The predicted octanol–water partition coefficient (Wildman–Crippen LogP) is -6.03. The van der Waals surface area contributed by atoms with Crippen LogP contribution in [0.5, 0.6) is 0 Å². The number of rotatable bonds is 47. The Morgan fingerprint density at radius 3 is 0.587 bits per heavy atom. The largest absolute Gasteiger partial charge is 1.00 e. The average molecular weight is 1840 g/mol. The van der Waals surface area contributed by atoms with Crippen LogP contribution >= 0.6 is 0 Å². The second-order valence-electron chi connectivity index (χ2n) is 26.6. The van der Waals surface area contributed by atoms with Crippen LogP contribution in [0, 0.1) is 0 Å². The molecule has 8 aromatic rings. The first kappa shape index (κ1) is 103. The molecular weight excluding hydrogens is 1740 g/mol. The Bertz CT molecular complexity index is 5090. The molecule has 0 atom stereocenters. The molecule has 6 aromatic carbocycles. The monoisotopic (exact) mass is 1830 g/mol. The summed E-state index contributed by atoms with van der Waals surface area (Å²) in [7, 11) is -6.87.